The molecule has 0 aliphatic rings. The average Bonchev–Trinajstić information content (AvgIpc) is 2.13. The standard InChI is InChI=1S/C8H12S2/c1-5(2)7-4-6(3)8(9)10-7/h4-5,9H,1-3H3. The normalized spacial score (nSPS) is 10.9. The third-order valence-corrected chi connectivity index (χ3v) is 3.45. The van der Waals surface area contributed by atoms with Crippen LogP contribution in [0.25, 0.3) is 0 Å². The van der Waals surface area contributed by atoms with Crippen molar-refractivity contribution in [2.75, 3.05) is 0 Å². The Morgan fingerprint density at radius 1 is 1.50 bits per heavy atom. The van der Waals surface area contributed by atoms with E-state index in [0.29, 0.717) is 5.92 Å². The van der Waals surface area contributed by atoms with Crippen molar-refractivity contribution in [2.45, 2.75) is 30.9 Å². The molecule has 0 saturated carbocycles. The van der Waals surface area contributed by atoms with Gasteiger partial charge in [-0.15, -0.1) is 24.0 Å². The zero-order valence-corrected chi connectivity index (χ0v) is 8.22. The van der Waals surface area contributed by atoms with Gasteiger partial charge in [0, 0.05) is 4.88 Å². The maximum atomic E-state index is 4.33. The van der Waals surface area contributed by atoms with E-state index in [1.165, 1.54) is 10.4 Å². The van der Waals surface area contributed by atoms with Crippen molar-refractivity contribution in [1.82, 2.24) is 0 Å². The molecule has 0 bridgehead atoms. The van der Waals surface area contributed by atoms with E-state index >= 15 is 0 Å². The summed E-state index contributed by atoms with van der Waals surface area (Å²) in [5.74, 6) is 0.643. The summed E-state index contributed by atoms with van der Waals surface area (Å²) in [6.07, 6.45) is 0. The maximum absolute atomic E-state index is 4.33. The van der Waals surface area contributed by atoms with Gasteiger partial charge in [-0.3, -0.25) is 0 Å². The van der Waals surface area contributed by atoms with Gasteiger partial charge in [0.25, 0.3) is 0 Å². The summed E-state index contributed by atoms with van der Waals surface area (Å²) in [6, 6.07) is 2.22. The van der Waals surface area contributed by atoms with Crippen LogP contribution in [-0.4, -0.2) is 0 Å². The Labute approximate surface area is 71.7 Å². The van der Waals surface area contributed by atoms with Crippen LogP contribution in [0, 0.1) is 6.92 Å². The van der Waals surface area contributed by atoms with Gasteiger partial charge in [-0.2, -0.15) is 0 Å². The molecule has 2 heteroatoms. The quantitative estimate of drug-likeness (QED) is 0.616. The number of aryl methyl sites for hydroxylation is 1. The minimum atomic E-state index is 0.643. The molecule has 56 valence electrons. The lowest BCUT2D eigenvalue weighted by Crippen LogP contribution is -1.77. The first-order chi connectivity index (χ1) is 4.61. The van der Waals surface area contributed by atoms with Crippen molar-refractivity contribution >= 4 is 24.0 Å². The van der Waals surface area contributed by atoms with Crippen LogP contribution in [0.3, 0.4) is 0 Å². The molecule has 0 saturated heterocycles. The Morgan fingerprint density at radius 3 is 2.30 bits per heavy atom. The van der Waals surface area contributed by atoms with Crippen LogP contribution < -0.4 is 0 Å². The molecule has 0 radical (unpaired) electrons. The molecule has 0 N–H and O–H groups in total. The summed E-state index contributed by atoms with van der Waals surface area (Å²) in [5, 5.41) is 0. The van der Waals surface area contributed by atoms with Gasteiger partial charge >= 0.3 is 0 Å². The van der Waals surface area contributed by atoms with E-state index in [9.17, 15) is 0 Å². The molecule has 0 nitrogen and oxygen atoms in total. The van der Waals surface area contributed by atoms with Crippen LogP contribution in [0.15, 0.2) is 10.3 Å². The molecular weight excluding hydrogens is 160 g/mol. The molecule has 0 amide bonds. The van der Waals surface area contributed by atoms with Crippen LogP contribution in [0.1, 0.15) is 30.2 Å². The summed E-state index contributed by atoms with van der Waals surface area (Å²) in [7, 11) is 0. The summed E-state index contributed by atoms with van der Waals surface area (Å²) in [4.78, 5) is 1.43. The Hall–Kier alpha value is 0.0500. The fourth-order valence-electron chi connectivity index (χ4n) is 0.781. The van der Waals surface area contributed by atoms with Crippen LogP contribution in [-0.2, 0) is 0 Å². The van der Waals surface area contributed by atoms with Crippen molar-refractivity contribution in [2.24, 2.45) is 0 Å². The van der Waals surface area contributed by atoms with Gasteiger partial charge in [-0.25, -0.2) is 0 Å². The lowest BCUT2D eigenvalue weighted by Gasteiger charge is -1.96. The molecule has 0 spiro atoms. The zero-order valence-electron chi connectivity index (χ0n) is 6.51. The molecule has 0 aromatic carbocycles. The van der Waals surface area contributed by atoms with E-state index in [1.54, 1.807) is 11.3 Å². The first-order valence-corrected chi connectivity index (χ1v) is 4.67. The molecule has 1 rings (SSSR count). The van der Waals surface area contributed by atoms with Gasteiger partial charge < -0.3 is 0 Å². The van der Waals surface area contributed by atoms with Crippen molar-refractivity contribution in [3.05, 3.63) is 16.5 Å². The molecule has 0 aliphatic heterocycles. The minimum Gasteiger partial charge on any atom is -0.134 e. The molecule has 0 fully saturated rings. The fourth-order valence-corrected chi connectivity index (χ4v) is 2.08. The number of rotatable bonds is 1. The SMILES string of the molecule is Cc1cc(C(C)C)sc1S. The summed E-state index contributed by atoms with van der Waals surface area (Å²) >= 11 is 6.12. The van der Waals surface area contributed by atoms with E-state index in [4.69, 9.17) is 0 Å². The molecule has 10 heavy (non-hydrogen) atoms. The van der Waals surface area contributed by atoms with E-state index in [0.717, 1.165) is 4.21 Å². The van der Waals surface area contributed by atoms with Crippen LogP contribution >= 0.6 is 24.0 Å². The van der Waals surface area contributed by atoms with E-state index in [-0.39, 0.29) is 0 Å². The second kappa shape index (κ2) is 2.97. The minimum absolute atomic E-state index is 0.643. The average molecular weight is 172 g/mol. The molecule has 1 aromatic heterocycles. The highest BCUT2D eigenvalue weighted by molar-refractivity contribution is 7.83. The number of hydrogen-bond acceptors (Lipinski definition) is 2. The van der Waals surface area contributed by atoms with Crippen LogP contribution in [0.4, 0.5) is 0 Å². The van der Waals surface area contributed by atoms with Crippen molar-refractivity contribution in [1.29, 1.82) is 0 Å². The molecular formula is C8H12S2. The Bertz CT molecular complexity index is 204. The Balaban J connectivity index is 2.98. The van der Waals surface area contributed by atoms with Gasteiger partial charge in [0.05, 0.1) is 4.21 Å². The van der Waals surface area contributed by atoms with Crippen molar-refractivity contribution in [3.8, 4) is 0 Å². The Kier molecular flexibility index (Phi) is 2.42. The van der Waals surface area contributed by atoms with E-state index in [1.807, 2.05) is 0 Å². The molecule has 1 heterocycles. The van der Waals surface area contributed by atoms with Crippen molar-refractivity contribution < 1.29 is 0 Å². The third kappa shape index (κ3) is 1.55. The van der Waals surface area contributed by atoms with Crippen LogP contribution in [0.2, 0.25) is 0 Å². The van der Waals surface area contributed by atoms with E-state index in [2.05, 4.69) is 39.5 Å². The highest BCUT2D eigenvalue weighted by Gasteiger charge is 2.04. The smallest absolute Gasteiger partial charge is 0.0600 e. The molecule has 0 atom stereocenters. The van der Waals surface area contributed by atoms with Gasteiger partial charge in [-0.1, -0.05) is 13.8 Å². The fraction of sp³-hybridized carbons (Fsp3) is 0.500. The van der Waals surface area contributed by atoms with Gasteiger partial charge in [0.15, 0.2) is 0 Å². The predicted octanol–water partition coefficient (Wildman–Crippen LogP) is 3.47. The van der Waals surface area contributed by atoms with Gasteiger partial charge in [0.2, 0.25) is 0 Å². The van der Waals surface area contributed by atoms with Crippen molar-refractivity contribution in [3.63, 3.8) is 0 Å². The lowest BCUT2D eigenvalue weighted by molar-refractivity contribution is 0.889. The third-order valence-electron chi connectivity index (χ3n) is 1.48. The van der Waals surface area contributed by atoms with Gasteiger partial charge in [-0.05, 0) is 24.5 Å². The Morgan fingerprint density at radius 2 is 2.10 bits per heavy atom. The maximum Gasteiger partial charge on any atom is 0.0600 e. The zero-order chi connectivity index (χ0) is 7.72. The molecule has 0 aliphatic carbocycles. The second-order valence-electron chi connectivity index (χ2n) is 2.79. The van der Waals surface area contributed by atoms with E-state index < -0.39 is 0 Å². The first kappa shape index (κ1) is 8.15. The number of hydrogen-bond donors (Lipinski definition) is 1. The number of thiophene rings is 1. The topological polar surface area (TPSA) is 0 Å². The summed E-state index contributed by atoms with van der Waals surface area (Å²) in [6.45, 7) is 6.52. The molecule has 0 unspecified atom stereocenters. The monoisotopic (exact) mass is 172 g/mol. The largest absolute Gasteiger partial charge is 0.134 e. The van der Waals surface area contributed by atoms with Gasteiger partial charge in [0.1, 0.15) is 0 Å². The second-order valence-corrected chi connectivity index (χ2v) is 4.63. The lowest BCUT2D eigenvalue weighted by atomic mass is 10.2. The first-order valence-electron chi connectivity index (χ1n) is 3.40. The molecule has 1 aromatic rings. The summed E-state index contributed by atoms with van der Waals surface area (Å²) in [5.41, 5.74) is 1.30. The summed E-state index contributed by atoms with van der Waals surface area (Å²) < 4.78 is 1.16. The van der Waals surface area contributed by atoms with Crippen LogP contribution in [0.5, 0.6) is 0 Å². The predicted molar refractivity (Wildman–Crippen MR) is 50.4 cm³/mol. The highest BCUT2D eigenvalue weighted by atomic mass is 32.2. The highest BCUT2D eigenvalue weighted by Crippen LogP contribution is 2.29. The number of thiol groups is 1.